The van der Waals surface area contributed by atoms with Gasteiger partial charge in [0.1, 0.15) is 0 Å². The molecule has 2 aromatic rings. The third-order valence-electron chi connectivity index (χ3n) is 4.17. The van der Waals surface area contributed by atoms with E-state index in [4.69, 9.17) is 0 Å². The van der Waals surface area contributed by atoms with Gasteiger partial charge in [-0.05, 0) is 61.1 Å². The lowest BCUT2D eigenvalue weighted by Crippen LogP contribution is -2.17. The molecule has 0 unspecified atom stereocenters. The van der Waals surface area contributed by atoms with Crippen LogP contribution in [-0.2, 0) is 6.42 Å². The summed E-state index contributed by atoms with van der Waals surface area (Å²) in [6.45, 7) is 6.34. The number of ketones is 1. The Morgan fingerprint density at radius 1 is 0.944 bits per heavy atom. The van der Waals surface area contributed by atoms with Crippen molar-refractivity contribution in [1.29, 1.82) is 0 Å². The van der Waals surface area contributed by atoms with Crippen LogP contribution in [0.3, 0.4) is 0 Å². The molecule has 0 aliphatic heterocycles. The SMILES string of the molecule is Cc1cc2c(c(C)c1C)Cc1ccccc1C2=O. The highest BCUT2D eigenvalue weighted by atomic mass is 16.1. The fourth-order valence-electron chi connectivity index (χ4n) is 2.80. The van der Waals surface area contributed by atoms with Crippen molar-refractivity contribution in [2.75, 3.05) is 0 Å². The third-order valence-corrected chi connectivity index (χ3v) is 4.17. The molecule has 0 atom stereocenters. The third kappa shape index (κ3) is 1.43. The van der Waals surface area contributed by atoms with E-state index in [1.54, 1.807) is 0 Å². The second-order valence-corrected chi connectivity index (χ2v) is 5.13. The first kappa shape index (κ1) is 11.2. The van der Waals surface area contributed by atoms with E-state index < -0.39 is 0 Å². The first-order chi connectivity index (χ1) is 8.59. The molecule has 3 rings (SSSR count). The van der Waals surface area contributed by atoms with E-state index in [1.807, 2.05) is 18.2 Å². The molecule has 0 heterocycles. The van der Waals surface area contributed by atoms with Crippen molar-refractivity contribution in [1.82, 2.24) is 0 Å². The smallest absolute Gasteiger partial charge is 0.193 e. The molecule has 18 heavy (non-hydrogen) atoms. The van der Waals surface area contributed by atoms with Gasteiger partial charge in [0.2, 0.25) is 0 Å². The van der Waals surface area contributed by atoms with Crippen LogP contribution in [0.2, 0.25) is 0 Å². The fraction of sp³-hybridized carbons (Fsp3) is 0.235. The first-order valence-corrected chi connectivity index (χ1v) is 6.32. The van der Waals surface area contributed by atoms with Crippen molar-refractivity contribution < 1.29 is 4.79 Å². The van der Waals surface area contributed by atoms with E-state index in [9.17, 15) is 4.79 Å². The fourth-order valence-corrected chi connectivity index (χ4v) is 2.80. The van der Waals surface area contributed by atoms with Gasteiger partial charge in [0, 0.05) is 11.1 Å². The highest BCUT2D eigenvalue weighted by molar-refractivity contribution is 6.12. The summed E-state index contributed by atoms with van der Waals surface area (Å²) in [6, 6.07) is 10.00. The Hall–Kier alpha value is -1.89. The average molecular weight is 236 g/mol. The lowest BCUT2D eigenvalue weighted by atomic mass is 9.80. The number of rotatable bonds is 0. The molecule has 0 amide bonds. The van der Waals surface area contributed by atoms with Crippen LogP contribution in [0.25, 0.3) is 0 Å². The molecule has 0 spiro atoms. The molecule has 1 aliphatic carbocycles. The molecule has 0 saturated carbocycles. The Morgan fingerprint density at radius 2 is 1.67 bits per heavy atom. The monoisotopic (exact) mass is 236 g/mol. The van der Waals surface area contributed by atoms with Gasteiger partial charge in [-0.2, -0.15) is 0 Å². The number of carbonyl (C=O) groups excluding carboxylic acids is 1. The largest absolute Gasteiger partial charge is 0.289 e. The normalized spacial score (nSPS) is 13.2. The second-order valence-electron chi connectivity index (χ2n) is 5.13. The quantitative estimate of drug-likeness (QED) is 0.581. The van der Waals surface area contributed by atoms with Gasteiger partial charge in [0.05, 0.1) is 0 Å². The maximum Gasteiger partial charge on any atom is 0.193 e. The molecule has 1 nitrogen and oxygen atoms in total. The minimum Gasteiger partial charge on any atom is -0.289 e. The number of benzene rings is 2. The predicted molar refractivity (Wildman–Crippen MR) is 73.3 cm³/mol. The molecule has 1 aliphatic rings. The average Bonchev–Trinajstić information content (AvgIpc) is 2.38. The van der Waals surface area contributed by atoms with Gasteiger partial charge in [-0.25, -0.2) is 0 Å². The summed E-state index contributed by atoms with van der Waals surface area (Å²) >= 11 is 0. The Morgan fingerprint density at radius 3 is 2.44 bits per heavy atom. The zero-order chi connectivity index (χ0) is 12.9. The van der Waals surface area contributed by atoms with Gasteiger partial charge in [-0.1, -0.05) is 24.3 Å². The molecule has 0 aromatic heterocycles. The number of fused-ring (bicyclic) bond motifs is 2. The van der Waals surface area contributed by atoms with Crippen LogP contribution in [-0.4, -0.2) is 5.78 Å². The molecule has 90 valence electrons. The van der Waals surface area contributed by atoms with Crippen LogP contribution in [0, 0.1) is 20.8 Å². The molecule has 0 radical (unpaired) electrons. The number of aryl methyl sites for hydroxylation is 1. The van der Waals surface area contributed by atoms with Gasteiger partial charge in [-0.15, -0.1) is 0 Å². The molecule has 0 saturated heterocycles. The Kier molecular flexibility index (Phi) is 2.37. The lowest BCUT2D eigenvalue weighted by molar-refractivity contribution is 0.103. The van der Waals surface area contributed by atoms with Crippen LogP contribution < -0.4 is 0 Å². The summed E-state index contributed by atoms with van der Waals surface area (Å²) < 4.78 is 0. The van der Waals surface area contributed by atoms with Crippen molar-refractivity contribution in [3.63, 3.8) is 0 Å². The molecule has 2 aromatic carbocycles. The molecule has 1 heteroatoms. The van der Waals surface area contributed by atoms with Crippen LogP contribution in [0.15, 0.2) is 30.3 Å². The van der Waals surface area contributed by atoms with Gasteiger partial charge in [0.25, 0.3) is 0 Å². The van der Waals surface area contributed by atoms with Crippen LogP contribution >= 0.6 is 0 Å². The van der Waals surface area contributed by atoms with Crippen LogP contribution in [0.4, 0.5) is 0 Å². The predicted octanol–water partition coefficient (Wildman–Crippen LogP) is 3.75. The maximum atomic E-state index is 12.5. The van der Waals surface area contributed by atoms with Crippen LogP contribution in [0.5, 0.6) is 0 Å². The van der Waals surface area contributed by atoms with Gasteiger partial charge < -0.3 is 0 Å². The number of carbonyl (C=O) groups is 1. The van der Waals surface area contributed by atoms with Crippen molar-refractivity contribution in [3.8, 4) is 0 Å². The van der Waals surface area contributed by atoms with E-state index in [0.717, 1.165) is 23.1 Å². The Balaban J connectivity index is 2.29. The topological polar surface area (TPSA) is 17.1 Å². The maximum absolute atomic E-state index is 12.5. The zero-order valence-corrected chi connectivity index (χ0v) is 11.0. The summed E-state index contributed by atoms with van der Waals surface area (Å²) in [4.78, 5) is 12.5. The minimum atomic E-state index is 0.179. The van der Waals surface area contributed by atoms with Crippen molar-refractivity contribution in [2.24, 2.45) is 0 Å². The molecule has 0 N–H and O–H groups in total. The number of hydrogen-bond acceptors (Lipinski definition) is 1. The van der Waals surface area contributed by atoms with Crippen molar-refractivity contribution in [3.05, 3.63) is 69.3 Å². The molecule has 0 bridgehead atoms. The summed E-state index contributed by atoms with van der Waals surface area (Å²) in [5, 5.41) is 0. The Labute approximate surface area is 107 Å². The molecular formula is C17H16O. The van der Waals surface area contributed by atoms with Gasteiger partial charge in [-0.3, -0.25) is 4.79 Å². The molecular weight excluding hydrogens is 220 g/mol. The zero-order valence-electron chi connectivity index (χ0n) is 11.0. The van der Waals surface area contributed by atoms with Crippen LogP contribution in [0.1, 0.15) is 43.7 Å². The lowest BCUT2D eigenvalue weighted by Gasteiger charge is -2.22. The van der Waals surface area contributed by atoms with Crippen molar-refractivity contribution in [2.45, 2.75) is 27.2 Å². The summed E-state index contributed by atoms with van der Waals surface area (Å²) in [6.07, 6.45) is 0.879. The summed E-state index contributed by atoms with van der Waals surface area (Å²) in [5.74, 6) is 0.179. The second kappa shape index (κ2) is 3.81. The summed E-state index contributed by atoms with van der Waals surface area (Å²) in [7, 11) is 0. The standard InChI is InChI=1S/C17H16O/c1-10-8-16-15(12(3)11(10)2)9-13-6-4-5-7-14(13)17(16)18/h4-8H,9H2,1-3H3. The van der Waals surface area contributed by atoms with E-state index >= 15 is 0 Å². The minimum absolute atomic E-state index is 0.179. The number of hydrogen-bond donors (Lipinski definition) is 0. The Bertz CT molecular complexity index is 666. The van der Waals surface area contributed by atoms with E-state index in [2.05, 4.69) is 32.9 Å². The first-order valence-electron chi connectivity index (χ1n) is 6.32. The molecule has 0 fully saturated rings. The van der Waals surface area contributed by atoms with Gasteiger partial charge >= 0.3 is 0 Å². The van der Waals surface area contributed by atoms with E-state index in [0.29, 0.717) is 0 Å². The summed E-state index contributed by atoms with van der Waals surface area (Å²) in [5.41, 5.74) is 7.91. The van der Waals surface area contributed by atoms with Gasteiger partial charge in [0.15, 0.2) is 5.78 Å². The highest BCUT2D eigenvalue weighted by Crippen LogP contribution is 2.31. The van der Waals surface area contributed by atoms with E-state index in [1.165, 1.54) is 22.3 Å². The highest BCUT2D eigenvalue weighted by Gasteiger charge is 2.25. The van der Waals surface area contributed by atoms with E-state index in [-0.39, 0.29) is 5.78 Å². The van der Waals surface area contributed by atoms with Crippen molar-refractivity contribution >= 4 is 5.78 Å².